The van der Waals surface area contributed by atoms with Gasteiger partial charge in [0, 0.05) is 20.7 Å². The number of carbonyl (C=O) groups excluding carboxylic acids is 1. The van der Waals surface area contributed by atoms with E-state index in [0.717, 1.165) is 5.01 Å². The topological polar surface area (TPSA) is 84.8 Å². The van der Waals surface area contributed by atoms with Crippen LogP contribution < -0.4 is 10.6 Å². The van der Waals surface area contributed by atoms with E-state index in [2.05, 4.69) is 20.6 Å². The number of ether oxygens (including phenoxy) is 2. The maximum atomic E-state index is 11.9. The van der Waals surface area contributed by atoms with Gasteiger partial charge in [0.1, 0.15) is 9.88 Å². The minimum Gasteiger partial charge on any atom is -0.462 e. The van der Waals surface area contributed by atoms with Crippen molar-refractivity contribution >= 4 is 47.2 Å². The molecule has 25 heavy (non-hydrogen) atoms. The van der Waals surface area contributed by atoms with Gasteiger partial charge in [-0.05, 0) is 34.6 Å². The van der Waals surface area contributed by atoms with Crippen LogP contribution in [0.5, 0.6) is 0 Å². The van der Waals surface area contributed by atoms with E-state index in [1.165, 1.54) is 11.3 Å². The van der Waals surface area contributed by atoms with Crippen molar-refractivity contribution in [2.24, 2.45) is 4.99 Å². The van der Waals surface area contributed by atoms with Crippen LogP contribution in [0, 0.1) is 6.92 Å². The molecule has 0 fully saturated rings. The van der Waals surface area contributed by atoms with E-state index < -0.39 is 0 Å². The molecule has 0 aromatic carbocycles. The summed E-state index contributed by atoms with van der Waals surface area (Å²) in [4.78, 5) is 21.1. The Hall–Kier alpha value is -0.940. The van der Waals surface area contributed by atoms with E-state index in [1.807, 2.05) is 27.7 Å². The zero-order valence-corrected chi connectivity index (χ0v) is 19.1. The third-order valence-electron chi connectivity index (χ3n) is 3.46. The second-order valence-corrected chi connectivity index (χ2v) is 6.97. The molecule has 1 unspecified atom stereocenters. The van der Waals surface area contributed by atoms with Crippen molar-refractivity contribution in [1.29, 1.82) is 0 Å². The fourth-order valence-electron chi connectivity index (χ4n) is 1.82. The first-order valence-electron chi connectivity index (χ1n) is 7.90. The van der Waals surface area contributed by atoms with E-state index in [1.54, 1.807) is 21.1 Å². The number of aryl methyl sites for hydroxylation is 1. The fourth-order valence-corrected chi connectivity index (χ4v) is 2.78. The average Bonchev–Trinajstić information content (AvgIpc) is 2.93. The number of rotatable bonds is 7. The third-order valence-corrected chi connectivity index (χ3v) is 4.78. The van der Waals surface area contributed by atoms with Gasteiger partial charge in [-0.2, -0.15) is 0 Å². The summed E-state index contributed by atoms with van der Waals surface area (Å²) in [5, 5.41) is 7.30. The highest BCUT2D eigenvalue weighted by Crippen LogP contribution is 2.24. The largest absolute Gasteiger partial charge is 0.462 e. The molecule has 0 bridgehead atoms. The molecule has 0 aliphatic rings. The summed E-state index contributed by atoms with van der Waals surface area (Å²) >= 11 is 1.34. The summed E-state index contributed by atoms with van der Waals surface area (Å²) in [5.74, 6) is 0.327. The molecule has 0 aliphatic carbocycles. The summed E-state index contributed by atoms with van der Waals surface area (Å²) in [6.45, 7) is 10.5. The molecule has 0 radical (unpaired) electrons. The maximum Gasteiger partial charge on any atom is 0.350 e. The zero-order valence-electron chi connectivity index (χ0n) is 15.9. The number of hydrogen-bond donors (Lipinski definition) is 2. The molecular formula is C16H29IN4O3S. The molecule has 0 saturated carbocycles. The SMILES string of the molecule is CCOC(=O)c1sc(C(C)NC(=NC)NCC(C)(C)OC)nc1C.I. The van der Waals surface area contributed by atoms with Gasteiger partial charge in [0.15, 0.2) is 5.96 Å². The van der Waals surface area contributed by atoms with Gasteiger partial charge >= 0.3 is 5.97 Å². The summed E-state index contributed by atoms with van der Waals surface area (Å²) in [7, 11) is 3.38. The molecular weight excluding hydrogens is 455 g/mol. The van der Waals surface area contributed by atoms with Crippen LogP contribution in [0.2, 0.25) is 0 Å². The highest BCUT2D eigenvalue weighted by molar-refractivity contribution is 14.0. The number of carbonyl (C=O) groups is 1. The first-order chi connectivity index (χ1) is 11.2. The number of nitrogens with zero attached hydrogens (tertiary/aromatic N) is 2. The Labute approximate surface area is 171 Å². The number of esters is 1. The van der Waals surface area contributed by atoms with Crippen molar-refractivity contribution in [1.82, 2.24) is 15.6 Å². The lowest BCUT2D eigenvalue weighted by molar-refractivity contribution is 0.0268. The maximum absolute atomic E-state index is 11.9. The zero-order chi connectivity index (χ0) is 18.3. The van der Waals surface area contributed by atoms with Crippen molar-refractivity contribution in [2.45, 2.75) is 46.3 Å². The fraction of sp³-hybridized carbons (Fsp3) is 0.688. The smallest absolute Gasteiger partial charge is 0.350 e. The third kappa shape index (κ3) is 7.45. The Kier molecular flexibility index (Phi) is 10.5. The molecule has 144 valence electrons. The van der Waals surface area contributed by atoms with E-state index >= 15 is 0 Å². The molecule has 1 aromatic rings. The van der Waals surface area contributed by atoms with Crippen molar-refractivity contribution in [3.63, 3.8) is 0 Å². The molecule has 1 heterocycles. The molecule has 0 aliphatic heterocycles. The van der Waals surface area contributed by atoms with Crippen LogP contribution in [0.4, 0.5) is 0 Å². The van der Waals surface area contributed by atoms with Crippen LogP contribution in [0.15, 0.2) is 4.99 Å². The van der Waals surface area contributed by atoms with Gasteiger partial charge in [-0.3, -0.25) is 4.99 Å². The van der Waals surface area contributed by atoms with Crippen LogP contribution in [0.1, 0.15) is 54.1 Å². The van der Waals surface area contributed by atoms with Crippen LogP contribution >= 0.6 is 35.3 Å². The minimum absolute atomic E-state index is 0. The molecule has 0 amide bonds. The van der Waals surface area contributed by atoms with Crippen LogP contribution in [0.25, 0.3) is 0 Å². The summed E-state index contributed by atoms with van der Waals surface area (Å²) in [6.07, 6.45) is 0. The number of halogens is 1. The van der Waals surface area contributed by atoms with Gasteiger partial charge in [0.25, 0.3) is 0 Å². The number of nitrogens with one attached hydrogen (secondary N) is 2. The predicted molar refractivity (Wildman–Crippen MR) is 112 cm³/mol. The molecule has 2 N–H and O–H groups in total. The van der Waals surface area contributed by atoms with Crippen molar-refractivity contribution in [3.8, 4) is 0 Å². The van der Waals surface area contributed by atoms with Gasteiger partial charge < -0.3 is 20.1 Å². The lowest BCUT2D eigenvalue weighted by atomic mass is 10.1. The highest BCUT2D eigenvalue weighted by Gasteiger charge is 2.21. The Morgan fingerprint density at radius 2 is 2.08 bits per heavy atom. The number of guanidine groups is 1. The van der Waals surface area contributed by atoms with Gasteiger partial charge in [-0.25, -0.2) is 9.78 Å². The predicted octanol–water partition coefficient (Wildman–Crippen LogP) is 2.90. The molecule has 1 rings (SSSR count). The first-order valence-corrected chi connectivity index (χ1v) is 8.72. The van der Waals surface area contributed by atoms with Crippen molar-refractivity contribution < 1.29 is 14.3 Å². The second-order valence-electron chi connectivity index (χ2n) is 5.94. The summed E-state index contributed by atoms with van der Waals surface area (Å²) in [5.41, 5.74) is 0.390. The molecule has 1 aromatic heterocycles. The lowest BCUT2D eigenvalue weighted by Crippen LogP contribution is -2.45. The summed E-state index contributed by atoms with van der Waals surface area (Å²) < 4.78 is 10.4. The van der Waals surface area contributed by atoms with Gasteiger partial charge in [0.2, 0.25) is 0 Å². The van der Waals surface area contributed by atoms with E-state index in [9.17, 15) is 4.79 Å². The van der Waals surface area contributed by atoms with Gasteiger partial charge in [0.05, 0.1) is 23.9 Å². The van der Waals surface area contributed by atoms with Crippen LogP contribution in [-0.4, -0.2) is 49.8 Å². The molecule has 7 nitrogen and oxygen atoms in total. The van der Waals surface area contributed by atoms with E-state index in [0.29, 0.717) is 29.7 Å². The quantitative estimate of drug-likeness (QED) is 0.268. The van der Waals surface area contributed by atoms with E-state index in [4.69, 9.17) is 9.47 Å². The molecule has 1 atom stereocenters. The Morgan fingerprint density at radius 1 is 1.44 bits per heavy atom. The Morgan fingerprint density at radius 3 is 2.60 bits per heavy atom. The van der Waals surface area contributed by atoms with Gasteiger partial charge in [-0.15, -0.1) is 35.3 Å². The number of hydrogen-bond acceptors (Lipinski definition) is 6. The number of aromatic nitrogens is 1. The molecule has 9 heteroatoms. The first kappa shape index (κ1) is 24.1. The van der Waals surface area contributed by atoms with Crippen molar-refractivity contribution in [3.05, 3.63) is 15.6 Å². The average molecular weight is 484 g/mol. The van der Waals surface area contributed by atoms with Crippen molar-refractivity contribution in [2.75, 3.05) is 27.3 Å². The monoisotopic (exact) mass is 484 g/mol. The lowest BCUT2D eigenvalue weighted by Gasteiger charge is -2.25. The van der Waals surface area contributed by atoms with Gasteiger partial charge in [-0.1, -0.05) is 0 Å². The minimum atomic E-state index is -0.324. The number of aliphatic imine (C=N–C) groups is 1. The Balaban J connectivity index is 0.00000576. The van der Waals surface area contributed by atoms with Crippen LogP contribution in [0.3, 0.4) is 0 Å². The molecule has 0 spiro atoms. The number of methoxy groups -OCH3 is 1. The second kappa shape index (κ2) is 10.9. The summed E-state index contributed by atoms with van der Waals surface area (Å²) in [6, 6.07) is -0.0891. The number of thiazole rings is 1. The Bertz CT molecular complexity index is 590. The highest BCUT2D eigenvalue weighted by atomic mass is 127. The normalized spacial score (nSPS) is 13.0. The standard InChI is InChI=1S/C16H28N4O3S.HI/c1-8-23-14(21)12-10(2)19-13(24-12)11(3)20-15(17-6)18-9-16(4,5)22-7;/h11H,8-9H2,1-7H3,(H2,17,18,20);1H. The molecule has 0 saturated heterocycles. The van der Waals surface area contributed by atoms with E-state index in [-0.39, 0.29) is 41.6 Å². The van der Waals surface area contributed by atoms with Crippen LogP contribution in [-0.2, 0) is 9.47 Å².